The smallest absolute Gasteiger partial charge is 0.328 e. The first-order valence-electron chi connectivity index (χ1n) is 5.38. The number of halogens is 2. The molecule has 0 N–H and O–H groups in total. The van der Waals surface area contributed by atoms with Crippen LogP contribution in [0, 0.1) is 0 Å². The molecule has 2 heterocycles. The zero-order valence-corrected chi connectivity index (χ0v) is 10.7. The fourth-order valence-electron chi connectivity index (χ4n) is 2.65. The van der Waals surface area contributed by atoms with Crippen molar-refractivity contribution in [2.24, 2.45) is 0 Å². The molecule has 0 aromatic carbocycles. The van der Waals surface area contributed by atoms with Gasteiger partial charge in [-0.15, -0.1) is 6.58 Å². The number of esters is 1. The van der Waals surface area contributed by atoms with E-state index in [1.165, 1.54) is 0 Å². The fraction of sp³-hybridized carbons (Fsp3) is 0.727. The Morgan fingerprint density at radius 1 is 1.75 bits per heavy atom. The summed E-state index contributed by atoms with van der Waals surface area (Å²) in [5.74, 6) is -0.220. The highest BCUT2D eigenvalue weighted by Gasteiger charge is 2.60. The molecule has 16 heavy (non-hydrogen) atoms. The number of carbonyl (C=O) groups is 1. The molecule has 2 aliphatic rings. The third-order valence-corrected chi connectivity index (χ3v) is 3.71. The predicted octanol–water partition coefficient (Wildman–Crippen LogP) is 2.47. The molecular formula is C11H15Cl2NO2. The van der Waals surface area contributed by atoms with Crippen LogP contribution in [0.3, 0.4) is 0 Å². The van der Waals surface area contributed by atoms with Gasteiger partial charge in [0.1, 0.15) is 5.54 Å². The first kappa shape index (κ1) is 12.2. The summed E-state index contributed by atoms with van der Waals surface area (Å²) in [5.41, 5.74) is -0.572. The summed E-state index contributed by atoms with van der Waals surface area (Å²) in [6.07, 6.45) is 3.54. The van der Waals surface area contributed by atoms with Crippen molar-refractivity contribution in [3.63, 3.8) is 0 Å². The Labute approximate surface area is 105 Å². The summed E-state index contributed by atoms with van der Waals surface area (Å²) in [5, 5.41) is 0. The lowest BCUT2D eigenvalue weighted by Gasteiger charge is -2.32. The van der Waals surface area contributed by atoms with Crippen molar-refractivity contribution in [3.05, 3.63) is 12.7 Å². The van der Waals surface area contributed by atoms with Crippen LogP contribution in [0.2, 0.25) is 0 Å². The first-order valence-corrected chi connectivity index (χ1v) is 6.14. The van der Waals surface area contributed by atoms with Crippen molar-refractivity contribution in [2.75, 3.05) is 6.54 Å². The minimum atomic E-state index is -1.08. The van der Waals surface area contributed by atoms with Gasteiger partial charge < -0.3 is 4.74 Å². The van der Waals surface area contributed by atoms with E-state index in [2.05, 4.69) is 6.58 Å². The standard InChI is InChI=1S/C11H15Cl2NO2/c1-3-5-11-6-4-7-14(11)8(10(2,12)13)16-9(11)15/h3,8H,1,4-7H2,2H3. The van der Waals surface area contributed by atoms with Crippen molar-refractivity contribution < 1.29 is 9.53 Å². The summed E-state index contributed by atoms with van der Waals surface area (Å²) in [4.78, 5) is 14.0. The number of hydrogen-bond acceptors (Lipinski definition) is 3. The molecule has 3 nitrogen and oxygen atoms in total. The summed E-state index contributed by atoms with van der Waals surface area (Å²) in [7, 11) is 0. The van der Waals surface area contributed by atoms with Gasteiger partial charge in [0.15, 0.2) is 10.6 Å². The molecule has 0 amide bonds. The summed E-state index contributed by atoms with van der Waals surface area (Å²) >= 11 is 12.1. The van der Waals surface area contributed by atoms with E-state index in [4.69, 9.17) is 27.9 Å². The second-order valence-electron chi connectivity index (χ2n) is 4.54. The molecule has 2 rings (SSSR count). The summed E-state index contributed by atoms with van der Waals surface area (Å²) in [6, 6.07) is 0. The Morgan fingerprint density at radius 2 is 2.44 bits per heavy atom. The molecule has 0 radical (unpaired) electrons. The van der Waals surface area contributed by atoms with E-state index in [9.17, 15) is 4.79 Å². The second kappa shape index (κ2) is 3.90. The van der Waals surface area contributed by atoms with Gasteiger partial charge in [-0.3, -0.25) is 0 Å². The van der Waals surface area contributed by atoms with Crippen molar-refractivity contribution in [3.8, 4) is 0 Å². The van der Waals surface area contributed by atoms with Crippen LogP contribution in [0.4, 0.5) is 0 Å². The van der Waals surface area contributed by atoms with Gasteiger partial charge in [0, 0.05) is 6.54 Å². The highest BCUT2D eigenvalue weighted by atomic mass is 35.5. The summed E-state index contributed by atoms with van der Waals surface area (Å²) < 4.78 is 4.24. The number of cyclic esters (lactones) is 1. The molecule has 90 valence electrons. The molecule has 2 saturated heterocycles. The van der Waals surface area contributed by atoms with Crippen LogP contribution in [0.25, 0.3) is 0 Å². The van der Waals surface area contributed by atoms with Crippen molar-refractivity contribution in [1.29, 1.82) is 0 Å². The van der Waals surface area contributed by atoms with Gasteiger partial charge in [0.25, 0.3) is 0 Å². The topological polar surface area (TPSA) is 29.5 Å². The molecule has 0 spiro atoms. The molecule has 0 aromatic rings. The zero-order valence-electron chi connectivity index (χ0n) is 9.21. The Hall–Kier alpha value is -0.250. The normalized spacial score (nSPS) is 34.9. The minimum Gasteiger partial charge on any atom is -0.442 e. The van der Waals surface area contributed by atoms with Gasteiger partial charge >= 0.3 is 5.97 Å². The first-order chi connectivity index (χ1) is 7.42. The molecule has 2 unspecified atom stereocenters. The van der Waals surface area contributed by atoms with Crippen molar-refractivity contribution >= 4 is 29.2 Å². The molecule has 2 fully saturated rings. The predicted molar refractivity (Wildman–Crippen MR) is 63.5 cm³/mol. The van der Waals surface area contributed by atoms with Crippen LogP contribution in [-0.4, -0.2) is 33.5 Å². The van der Waals surface area contributed by atoms with Crippen LogP contribution in [-0.2, 0) is 9.53 Å². The number of fused-ring (bicyclic) bond motifs is 1. The largest absolute Gasteiger partial charge is 0.442 e. The molecule has 0 saturated carbocycles. The number of hydrogen-bond donors (Lipinski definition) is 0. The average Bonchev–Trinajstić information content (AvgIpc) is 2.66. The number of ether oxygens (including phenoxy) is 1. The van der Waals surface area contributed by atoms with E-state index < -0.39 is 16.1 Å². The third kappa shape index (κ3) is 1.66. The monoisotopic (exact) mass is 263 g/mol. The van der Waals surface area contributed by atoms with E-state index in [0.717, 1.165) is 19.4 Å². The second-order valence-corrected chi connectivity index (χ2v) is 6.30. The fourth-order valence-corrected chi connectivity index (χ4v) is 2.98. The van der Waals surface area contributed by atoms with Gasteiger partial charge in [-0.05, 0) is 26.2 Å². The van der Waals surface area contributed by atoms with Gasteiger partial charge in [-0.25, -0.2) is 9.69 Å². The van der Waals surface area contributed by atoms with Gasteiger partial charge in [0.2, 0.25) is 0 Å². The van der Waals surface area contributed by atoms with E-state index in [-0.39, 0.29) is 5.97 Å². The molecule has 5 heteroatoms. The van der Waals surface area contributed by atoms with Crippen LogP contribution < -0.4 is 0 Å². The summed E-state index contributed by atoms with van der Waals surface area (Å²) in [6.45, 7) is 6.14. The van der Waals surface area contributed by atoms with E-state index in [1.807, 2.05) is 4.90 Å². The van der Waals surface area contributed by atoms with Gasteiger partial charge in [0.05, 0.1) is 0 Å². The van der Waals surface area contributed by atoms with Crippen LogP contribution in [0.15, 0.2) is 12.7 Å². The maximum Gasteiger partial charge on any atom is 0.328 e. The van der Waals surface area contributed by atoms with E-state index in [0.29, 0.717) is 6.42 Å². The van der Waals surface area contributed by atoms with Crippen molar-refractivity contribution in [1.82, 2.24) is 4.90 Å². The number of alkyl halides is 2. The maximum absolute atomic E-state index is 12.0. The molecule has 0 aromatic heterocycles. The zero-order chi connectivity index (χ0) is 12.0. The van der Waals surface area contributed by atoms with Crippen LogP contribution in [0.5, 0.6) is 0 Å². The lowest BCUT2D eigenvalue weighted by molar-refractivity contribution is -0.145. The lowest BCUT2D eigenvalue weighted by atomic mass is 9.93. The Balaban J connectivity index is 2.32. The van der Waals surface area contributed by atoms with Gasteiger partial charge in [-0.1, -0.05) is 29.3 Å². The Kier molecular flexibility index (Phi) is 2.97. The quantitative estimate of drug-likeness (QED) is 0.445. The Bertz CT molecular complexity index is 326. The molecule has 0 bridgehead atoms. The van der Waals surface area contributed by atoms with Crippen LogP contribution >= 0.6 is 23.2 Å². The average molecular weight is 264 g/mol. The third-order valence-electron chi connectivity index (χ3n) is 3.34. The number of nitrogens with zero attached hydrogens (tertiary/aromatic N) is 1. The Morgan fingerprint density at radius 3 is 3.00 bits per heavy atom. The van der Waals surface area contributed by atoms with Crippen LogP contribution in [0.1, 0.15) is 26.2 Å². The lowest BCUT2D eigenvalue weighted by Crippen LogP contribution is -2.49. The van der Waals surface area contributed by atoms with Crippen molar-refractivity contribution in [2.45, 2.75) is 42.3 Å². The minimum absolute atomic E-state index is 0.220. The number of carbonyl (C=O) groups excluding carboxylic acids is 1. The maximum atomic E-state index is 12.0. The highest BCUT2D eigenvalue weighted by Crippen LogP contribution is 2.46. The SMILES string of the molecule is C=CCC12CCCN1C(C(C)(Cl)Cl)OC2=O. The molecule has 0 aliphatic carbocycles. The molecule has 2 atom stereocenters. The highest BCUT2D eigenvalue weighted by molar-refractivity contribution is 6.48. The van der Waals surface area contributed by atoms with E-state index in [1.54, 1.807) is 13.0 Å². The number of rotatable bonds is 3. The van der Waals surface area contributed by atoms with E-state index >= 15 is 0 Å². The molecular weight excluding hydrogens is 249 g/mol. The van der Waals surface area contributed by atoms with Gasteiger partial charge in [-0.2, -0.15) is 0 Å². The molecule has 2 aliphatic heterocycles.